The van der Waals surface area contributed by atoms with Crippen molar-refractivity contribution in [1.82, 2.24) is 4.90 Å². The number of hydrogen-bond acceptors (Lipinski definition) is 3. The minimum atomic E-state index is -0.408. The molecule has 3 heterocycles. The number of nitrogens with zero attached hydrogens (tertiary/aromatic N) is 1. The van der Waals surface area contributed by atoms with Crippen molar-refractivity contribution in [2.24, 2.45) is 0 Å². The van der Waals surface area contributed by atoms with Crippen LogP contribution in [0.25, 0.3) is 5.57 Å². The van der Waals surface area contributed by atoms with Gasteiger partial charge in [0.2, 0.25) is 0 Å². The summed E-state index contributed by atoms with van der Waals surface area (Å²) in [5.74, 6) is -0.162. The number of carbonyl (C=O) groups excluding carboxylic acids is 1. The van der Waals surface area contributed by atoms with Gasteiger partial charge < -0.3 is 4.74 Å². The summed E-state index contributed by atoms with van der Waals surface area (Å²) < 4.78 is 6.03. The Hall–Kier alpha value is -1.87. The molecule has 5 rings (SSSR count). The first kappa shape index (κ1) is 16.3. The average Bonchev–Trinajstić information content (AvgIpc) is 3.09. The number of fused-ring (bicyclic) bond motifs is 3. The van der Waals surface area contributed by atoms with Crippen LogP contribution in [-0.2, 0) is 14.9 Å². The highest BCUT2D eigenvalue weighted by Crippen LogP contribution is 2.55. The third-order valence-electron chi connectivity index (χ3n) is 6.73. The quantitative estimate of drug-likeness (QED) is 0.711. The van der Waals surface area contributed by atoms with E-state index in [4.69, 9.17) is 4.74 Å². The summed E-state index contributed by atoms with van der Waals surface area (Å²) in [6.07, 6.45) is 8.70. The van der Waals surface area contributed by atoms with Gasteiger partial charge in [-0.05, 0) is 41.5 Å². The van der Waals surface area contributed by atoms with E-state index < -0.39 is 5.60 Å². The van der Waals surface area contributed by atoms with Crippen LogP contribution in [-0.4, -0.2) is 35.1 Å². The lowest BCUT2D eigenvalue weighted by Crippen LogP contribution is -2.48. The zero-order chi connectivity index (χ0) is 18.1. The Balaban J connectivity index is 1.59. The van der Waals surface area contributed by atoms with Crippen molar-refractivity contribution in [3.63, 3.8) is 0 Å². The van der Waals surface area contributed by atoms with Crippen molar-refractivity contribution in [2.45, 2.75) is 69.6 Å². The number of carbonyl (C=O) groups is 1. The molecule has 3 nitrogen and oxygen atoms in total. The molecule has 3 heteroatoms. The zero-order valence-corrected chi connectivity index (χ0v) is 15.9. The standard InChI is InChI=1S/C23H27NO2/c1-22(2,3)16-9-7-15(8-10-16)18-12-17-14-23(19(18)13-21(25)26-23)20-6-4-5-11-24(17)20/h7-10,12-13,17,20H,4-6,11,14H2,1-3H3/t17-,20?,23+/m1/s1. The van der Waals surface area contributed by atoms with Gasteiger partial charge in [-0.3, -0.25) is 4.90 Å². The highest BCUT2D eigenvalue weighted by Gasteiger charge is 2.61. The lowest BCUT2D eigenvalue weighted by atomic mass is 9.74. The first-order chi connectivity index (χ1) is 12.4. The van der Waals surface area contributed by atoms with Crippen molar-refractivity contribution in [2.75, 3.05) is 6.54 Å². The smallest absolute Gasteiger partial charge is 0.332 e. The fourth-order valence-electron chi connectivity index (χ4n) is 5.46. The van der Waals surface area contributed by atoms with Gasteiger partial charge in [-0.25, -0.2) is 4.79 Å². The molecule has 26 heavy (non-hydrogen) atoms. The maximum Gasteiger partial charge on any atom is 0.332 e. The minimum Gasteiger partial charge on any atom is -0.449 e. The maximum atomic E-state index is 12.3. The fraction of sp³-hybridized carbons (Fsp3) is 0.522. The van der Waals surface area contributed by atoms with Gasteiger partial charge in [0.15, 0.2) is 5.60 Å². The van der Waals surface area contributed by atoms with Crippen molar-refractivity contribution in [3.05, 3.63) is 53.1 Å². The van der Waals surface area contributed by atoms with Gasteiger partial charge in [0.1, 0.15) is 0 Å². The van der Waals surface area contributed by atoms with E-state index in [1.54, 1.807) is 6.08 Å². The van der Waals surface area contributed by atoms with Crippen LogP contribution in [0.1, 0.15) is 57.6 Å². The molecule has 1 aromatic rings. The summed E-state index contributed by atoms with van der Waals surface area (Å²) in [4.78, 5) is 14.9. The second-order valence-electron chi connectivity index (χ2n) is 9.30. The molecule has 3 aliphatic heterocycles. The molecular formula is C23H27NO2. The molecule has 2 fully saturated rings. The second-order valence-corrected chi connectivity index (χ2v) is 9.30. The van der Waals surface area contributed by atoms with Crippen molar-refractivity contribution in [1.29, 1.82) is 0 Å². The molecule has 1 aliphatic carbocycles. The van der Waals surface area contributed by atoms with Gasteiger partial charge in [-0.1, -0.05) is 57.5 Å². The molecule has 0 aromatic heterocycles. The third-order valence-corrected chi connectivity index (χ3v) is 6.73. The van der Waals surface area contributed by atoms with Crippen LogP contribution in [0.2, 0.25) is 0 Å². The van der Waals surface area contributed by atoms with Gasteiger partial charge in [0.25, 0.3) is 0 Å². The van der Waals surface area contributed by atoms with E-state index in [9.17, 15) is 4.79 Å². The Bertz CT molecular complexity index is 827. The van der Waals surface area contributed by atoms with Gasteiger partial charge in [-0.2, -0.15) is 0 Å². The van der Waals surface area contributed by atoms with Gasteiger partial charge in [0, 0.05) is 24.1 Å². The maximum absolute atomic E-state index is 12.3. The first-order valence-electron chi connectivity index (χ1n) is 9.92. The Labute approximate surface area is 155 Å². The van der Waals surface area contributed by atoms with Gasteiger partial charge >= 0.3 is 5.97 Å². The lowest BCUT2D eigenvalue weighted by molar-refractivity contribution is -0.148. The summed E-state index contributed by atoms with van der Waals surface area (Å²) in [6.45, 7) is 7.83. The third kappa shape index (κ3) is 2.19. The minimum absolute atomic E-state index is 0.145. The molecule has 1 unspecified atom stereocenters. The molecule has 2 bridgehead atoms. The van der Waals surface area contributed by atoms with E-state index in [1.807, 2.05) is 0 Å². The van der Waals surface area contributed by atoms with E-state index in [2.05, 4.69) is 56.0 Å². The highest BCUT2D eigenvalue weighted by molar-refractivity contribution is 5.97. The number of benzene rings is 1. The fourth-order valence-corrected chi connectivity index (χ4v) is 5.46. The molecule has 1 aromatic carbocycles. The molecule has 1 spiro atoms. The van der Waals surface area contributed by atoms with Crippen LogP contribution in [0.15, 0.2) is 42.0 Å². The summed E-state index contributed by atoms with van der Waals surface area (Å²) in [5.41, 5.74) is 4.61. The van der Waals surface area contributed by atoms with E-state index in [1.165, 1.54) is 29.5 Å². The van der Waals surface area contributed by atoms with Crippen LogP contribution < -0.4 is 0 Å². The molecule has 0 amide bonds. The van der Waals surface area contributed by atoms with Crippen LogP contribution >= 0.6 is 0 Å². The Morgan fingerprint density at radius 1 is 1.15 bits per heavy atom. The van der Waals surface area contributed by atoms with E-state index in [-0.39, 0.29) is 11.4 Å². The SMILES string of the molecule is CC(C)(C)c1ccc(C2=C[C@@H]3C[C@@]4(OC(=O)C=C24)C2CCCCN23)cc1. The summed E-state index contributed by atoms with van der Waals surface area (Å²) in [7, 11) is 0. The molecule has 136 valence electrons. The number of piperidine rings is 1. The number of esters is 1. The van der Waals surface area contributed by atoms with Crippen molar-refractivity contribution >= 4 is 11.5 Å². The molecule has 0 saturated carbocycles. The normalized spacial score (nSPS) is 33.3. The number of rotatable bonds is 1. The Kier molecular flexibility index (Phi) is 3.34. The Morgan fingerprint density at radius 2 is 1.92 bits per heavy atom. The molecule has 2 saturated heterocycles. The summed E-state index contributed by atoms with van der Waals surface area (Å²) in [6, 6.07) is 9.62. The van der Waals surface area contributed by atoms with E-state index in [0.717, 1.165) is 25.0 Å². The number of hydrogen-bond donors (Lipinski definition) is 0. The molecular weight excluding hydrogens is 322 g/mol. The first-order valence-corrected chi connectivity index (χ1v) is 9.92. The average molecular weight is 349 g/mol. The van der Waals surface area contributed by atoms with Crippen LogP contribution in [0.5, 0.6) is 0 Å². The Morgan fingerprint density at radius 3 is 2.65 bits per heavy atom. The van der Waals surface area contributed by atoms with E-state index in [0.29, 0.717) is 12.1 Å². The highest BCUT2D eigenvalue weighted by atomic mass is 16.6. The zero-order valence-electron chi connectivity index (χ0n) is 15.9. The van der Waals surface area contributed by atoms with Crippen LogP contribution in [0.4, 0.5) is 0 Å². The van der Waals surface area contributed by atoms with Crippen LogP contribution in [0, 0.1) is 0 Å². The second kappa shape index (κ2) is 5.32. The predicted molar refractivity (Wildman–Crippen MR) is 103 cm³/mol. The lowest BCUT2D eigenvalue weighted by Gasteiger charge is -2.38. The van der Waals surface area contributed by atoms with Gasteiger partial charge in [0.05, 0.1) is 6.04 Å². The topological polar surface area (TPSA) is 29.5 Å². The summed E-state index contributed by atoms with van der Waals surface area (Å²) >= 11 is 0. The monoisotopic (exact) mass is 349 g/mol. The number of ether oxygens (including phenoxy) is 1. The van der Waals surface area contributed by atoms with Crippen molar-refractivity contribution < 1.29 is 9.53 Å². The van der Waals surface area contributed by atoms with Crippen LogP contribution in [0.3, 0.4) is 0 Å². The largest absolute Gasteiger partial charge is 0.449 e. The summed E-state index contributed by atoms with van der Waals surface area (Å²) in [5, 5.41) is 0. The molecule has 4 aliphatic rings. The molecule has 0 radical (unpaired) electrons. The van der Waals surface area contributed by atoms with E-state index >= 15 is 0 Å². The predicted octanol–water partition coefficient (Wildman–Crippen LogP) is 4.23. The van der Waals surface area contributed by atoms with Gasteiger partial charge in [-0.15, -0.1) is 0 Å². The molecule has 0 N–H and O–H groups in total. The van der Waals surface area contributed by atoms with Crippen molar-refractivity contribution in [3.8, 4) is 0 Å². The molecule has 3 atom stereocenters.